The van der Waals surface area contributed by atoms with Crippen molar-refractivity contribution in [2.24, 2.45) is 16.5 Å². The number of nitrogens with zero attached hydrogens (tertiary/aromatic N) is 2. The molecule has 2 heterocycles. The first kappa shape index (κ1) is 19.1. The monoisotopic (exact) mass is 366 g/mol. The number of hydrogen-bond acceptors (Lipinski definition) is 5. The summed E-state index contributed by atoms with van der Waals surface area (Å²) >= 11 is 0. The molecule has 144 valence electrons. The molecule has 4 N–H and O–H groups in total. The van der Waals surface area contributed by atoms with Gasteiger partial charge in [-0.05, 0) is 61.2 Å². The molecule has 27 heavy (non-hydrogen) atoms. The van der Waals surface area contributed by atoms with Crippen LogP contribution < -0.4 is 16.4 Å². The first-order valence-electron chi connectivity index (χ1n) is 9.31. The topological polar surface area (TPSA) is 76.9 Å². The van der Waals surface area contributed by atoms with Crippen LogP contribution in [-0.2, 0) is 10.2 Å². The van der Waals surface area contributed by atoms with Crippen LogP contribution in [0.3, 0.4) is 0 Å². The number of benzene rings is 1. The van der Waals surface area contributed by atoms with E-state index in [1.807, 2.05) is 13.0 Å². The largest absolute Gasteiger partial charge is 0.462 e. The molecule has 0 amide bonds. The summed E-state index contributed by atoms with van der Waals surface area (Å²) in [5.41, 5.74) is 17.9. The number of aliphatic imine (C=N–C) groups is 1. The minimum Gasteiger partial charge on any atom is -0.462 e. The molecule has 0 radical (unpaired) electrons. The average molecular weight is 367 g/mol. The van der Waals surface area contributed by atoms with E-state index in [1.54, 1.807) is 6.08 Å². The highest BCUT2D eigenvalue weighted by Gasteiger charge is 2.38. The average Bonchev–Trinajstić information content (AvgIpc) is 2.56. The number of nitrogens with two attached hydrogens (primary N) is 2. The predicted octanol–water partition coefficient (Wildman–Crippen LogP) is 3.76. The first-order chi connectivity index (χ1) is 12.6. The van der Waals surface area contributed by atoms with Crippen molar-refractivity contribution in [2.45, 2.75) is 59.2 Å². The van der Waals surface area contributed by atoms with Gasteiger partial charge in [0.05, 0.1) is 0 Å². The van der Waals surface area contributed by atoms with E-state index >= 15 is 0 Å². The third kappa shape index (κ3) is 3.46. The molecule has 5 heteroatoms. The van der Waals surface area contributed by atoms with Gasteiger partial charge in [0.1, 0.15) is 11.9 Å². The van der Waals surface area contributed by atoms with Crippen LogP contribution in [0.15, 0.2) is 53.1 Å². The minimum atomic E-state index is -0.352. The Morgan fingerprint density at radius 2 is 1.78 bits per heavy atom. The maximum absolute atomic E-state index is 6.54. The summed E-state index contributed by atoms with van der Waals surface area (Å²) in [5.74, 6) is 1.09. The van der Waals surface area contributed by atoms with Crippen molar-refractivity contribution in [1.29, 1.82) is 0 Å². The van der Waals surface area contributed by atoms with Crippen molar-refractivity contribution in [1.82, 2.24) is 0 Å². The molecule has 0 bridgehead atoms. The number of hydrogen-bond donors (Lipinski definition) is 2. The van der Waals surface area contributed by atoms with E-state index in [2.05, 4.69) is 62.7 Å². The second-order valence-electron chi connectivity index (χ2n) is 8.32. The molecule has 1 aromatic carbocycles. The lowest BCUT2D eigenvalue weighted by atomic mass is 9.84. The molecule has 2 aliphatic heterocycles. The highest BCUT2D eigenvalue weighted by Crippen LogP contribution is 2.38. The van der Waals surface area contributed by atoms with Crippen molar-refractivity contribution < 1.29 is 4.74 Å². The van der Waals surface area contributed by atoms with Crippen LogP contribution in [0, 0.1) is 13.8 Å². The van der Waals surface area contributed by atoms with Crippen molar-refractivity contribution in [2.75, 3.05) is 4.90 Å². The number of anilines is 1. The summed E-state index contributed by atoms with van der Waals surface area (Å²) < 4.78 is 6.03. The van der Waals surface area contributed by atoms with Crippen LogP contribution in [0.5, 0.6) is 0 Å². The lowest BCUT2D eigenvalue weighted by molar-refractivity contribution is 0.101. The molecule has 0 aromatic heterocycles. The van der Waals surface area contributed by atoms with Crippen molar-refractivity contribution in [3.63, 3.8) is 0 Å². The van der Waals surface area contributed by atoms with Crippen molar-refractivity contribution in [3.05, 3.63) is 64.8 Å². The third-order valence-corrected chi connectivity index (χ3v) is 5.06. The van der Waals surface area contributed by atoms with E-state index in [1.165, 1.54) is 22.9 Å². The molecule has 0 aliphatic carbocycles. The summed E-state index contributed by atoms with van der Waals surface area (Å²) in [6.45, 7) is 12.9. The first-order valence-corrected chi connectivity index (χ1v) is 9.31. The number of allylic oxidation sites excluding steroid dienone is 2. The van der Waals surface area contributed by atoms with Crippen LogP contribution in [0.4, 0.5) is 5.69 Å². The molecule has 2 atom stereocenters. The lowest BCUT2D eigenvalue weighted by Gasteiger charge is -2.42. The Morgan fingerprint density at radius 1 is 1.15 bits per heavy atom. The maximum atomic E-state index is 6.54. The Morgan fingerprint density at radius 3 is 2.33 bits per heavy atom. The highest BCUT2D eigenvalue weighted by atomic mass is 16.5. The fourth-order valence-electron chi connectivity index (χ4n) is 3.68. The van der Waals surface area contributed by atoms with E-state index in [-0.39, 0.29) is 17.7 Å². The fourth-order valence-corrected chi connectivity index (χ4v) is 3.68. The number of dihydropyridines is 1. The fraction of sp³-hybridized carbons (Fsp3) is 0.409. The van der Waals surface area contributed by atoms with Gasteiger partial charge in [-0.15, -0.1) is 0 Å². The van der Waals surface area contributed by atoms with E-state index in [9.17, 15) is 0 Å². The van der Waals surface area contributed by atoms with E-state index in [0.29, 0.717) is 11.6 Å². The molecule has 3 rings (SSSR count). The zero-order chi connectivity index (χ0) is 19.9. The van der Waals surface area contributed by atoms with E-state index < -0.39 is 0 Å². The standard InChI is InChI=1S/C22H30N4O/c1-13-11-16(22(4,5)6)12-14(2)19(13)26-17-8-7-15(3)25-21(17)27-18(9-10-23)20(26)24/h7-12,17,21H,23-24H2,1-6H3/b10-9-. The predicted molar refractivity (Wildman–Crippen MR) is 113 cm³/mol. The van der Waals surface area contributed by atoms with Gasteiger partial charge in [-0.1, -0.05) is 39.0 Å². The van der Waals surface area contributed by atoms with Gasteiger partial charge in [-0.3, -0.25) is 0 Å². The van der Waals surface area contributed by atoms with E-state index in [4.69, 9.17) is 16.2 Å². The molecule has 2 unspecified atom stereocenters. The molecule has 1 aromatic rings. The molecule has 0 saturated carbocycles. The minimum absolute atomic E-state index is 0.0859. The lowest BCUT2D eigenvalue weighted by Crippen LogP contribution is -2.50. The van der Waals surface area contributed by atoms with Crippen LogP contribution >= 0.6 is 0 Å². The van der Waals surface area contributed by atoms with Crippen LogP contribution in [0.25, 0.3) is 0 Å². The van der Waals surface area contributed by atoms with Gasteiger partial charge in [-0.2, -0.15) is 0 Å². The van der Waals surface area contributed by atoms with Gasteiger partial charge in [0.15, 0.2) is 5.76 Å². The second kappa shape index (κ2) is 6.80. The van der Waals surface area contributed by atoms with Gasteiger partial charge in [0.2, 0.25) is 6.23 Å². The van der Waals surface area contributed by atoms with E-state index in [0.717, 1.165) is 11.4 Å². The Balaban J connectivity index is 2.18. The number of fused-ring (bicyclic) bond motifs is 1. The molecular weight excluding hydrogens is 336 g/mol. The zero-order valence-electron chi connectivity index (χ0n) is 17.1. The summed E-state index contributed by atoms with van der Waals surface area (Å²) in [6, 6.07) is 4.40. The summed E-state index contributed by atoms with van der Waals surface area (Å²) in [6.07, 6.45) is 6.91. The summed E-state index contributed by atoms with van der Waals surface area (Å²) in [7, 11) is 0. The number of rotatable bonds is 2. The Labute approximate surface area is 162 Å². The van der Waals surface area contributed by atoms with Crippen LogP contribution in [0.1, 0.15) is 44.4 Å². The van der Waals surface area contributed by atoms with Gasteiger partial charge >= 0.3 is 0 Å². The Bertz CT molecular complexity index is 848. The molecule has 2 aliphatic rings. The normalized spacial score (nSPS) is 22.7. The molecule has 0 spiro atoms. The molecule has 0 fully saturated rings. The van der Waals surface area contributed by atoms with Gasteiger partial charge in [0.25, 0.3) is 0 Å². The smallest absolute Gasteiger partial charge is 0.214 e. The summed E-state index contributed by atoms with van der Waals surface area (Å²) in [5, 5.41) is 0. The van der Waals surface area contributed by atoms with Crippen LogP contribution in [0.2, 0.25) is 0 Å². The van der Waals surface area contributed by atoms with Gasteiger partial charge in [0, 0.05) is 11.4 Å². The Kier molecular flexibility index (Phi) is 4.81. The van der Waals surface area contributed by atoms with Crippen LogP contribution in [-0.4, -0.2) is 18.0 Å². The number of aryl methyl sites for hydroxylation is 2. The van der Waals surface area contributed by atoms with Crippen molar-refractivity contribution in [3.8, 4) is 0 Å². The number of ether oxygens (including phenoxy) is 1. The molecular formula is C22H30N4O. The highest BCUT2D eigenvalue weighted by molar-refractivity contribution is 5.94. The maximum Gasteiger partial charge on any atom is 0.214 e. The Hall–Kier alpha value is -2.69. The second-order valence-corrected chi connectivity index (χ2v) is 8.32. The quantitative estimate of drug-likeness (QED) is 0.835. The zero-order valence-corrected chi connectivity index (χ0v) is 17.1. The summed E-state index contributed by atoms with van der Waals surface area (Å²) in [4.78, 5) is 6.80. The van der Waals surface area contributed by atoms with Crippen molar-refractivity contribution >= 4 is 11.4 Å². The molecule has 5 nitrogen and oxygen atoms in total. The van der Waals surface area contributed by atoms with Gasteiger partial charge < -0.3 is 21.1 Å². The SMILES string of the molecule is CC1=NC2OC(/C=C\N)=C(N)N(c3c(C)cc(C(C)(C)C)cc3C)C2C=C1. The van der Waals surface area contributed by atoms with Gasteiger partial charge in [-0.25, -0.2) is 4.99 Å². The molecule has 0 saturated heterocycles. The third-order valence-electron chi connectivity index (χ3n) is 5.06.